The number of aryl methyl sites for hydroxylation is 1. The summed E-state index contributed by atoms with van der Waals surface area (Å²) in [4.78, 5) is 23.3. The topological polar surface area (TPSA) is 99.7 Å². The summed E-state index contributed by atoms with van der Waals surface area (Å²) >= 11 is 0. The summed E-state index contributed by atoms with van der Waals surface area (Å²) in [6.45, 7) is 0. The molecule has 2 unspecified atom stereocenters. The maximum atomic E-state index is 12.4. The van der Waals surface area contributed by atoms with Gasteiger partial charge in [0.15, 0.2) is 0 Å². The third-order valence-corrected chi connectivity index (χ3v) is 5.08. The Kier molecular flexibility index (Phi) is 4.59. The molecule has 2 aliphatic rings. The molecule has 1 fully saturated rings. The zero-order valence-corrected chi connectivity index (χ0v) is 15.2. The van der Waals surface area contributed by atoms with Gasteiger partial charge in [-0.2, -0.15) is 10.4 Å². The lowest BCUT2D eigenvalue weighted by atomic mass is 9.98. The highest BCUT2D eigenvalue weighted by Gasteiger charge is 2.39. The number of fused-ring (bicyclic) bond motifs is 2. The van der Waals surface area contributed by atoms with Gasteiger partial charge in [0.05, 0.1) is 29.7 Å². The quantitative estimate of drug-likeness (QED) is 0.876. The molecule has 0 aromatic carbocycles. The van der Waals surface area contributed by atoms with Gasteiger partial charge in [0, 0.05) is 38.3 Å². The molecule has 2 atom stereocenters. The normalized spacial score (nSPS) is 20.9. The van der Waals surface area contributed by atoms with Gasteiger partial charge in [0.1, 0.15) is 0 Å². The Morgan fingerprint density at radius 3 is 3.07 bits per heavy atom. The average Bonchev–Trinajstić information content (AvgIpc) is 3.19. The molecule has 0 saturated carbocycles. The molecular weight excluding hydrogens is 342 g/mol. The Hall–Kier alpha value is -3.21. The first-order valence-corrected chi connectivity index (χ1v) is 9.12. The third-order valence-electron chi connectivity index (χ3n) is 5.08. The summed E-state index contributed by atoms with van der Waals surface area (Å²) < 4.78 is 1.71. The van der Waals surface area contributed by atoms with Gasteiger partial charge in [-0.1, -0.05) is 6.08 Å². The highest BCUT2D eigenvalue weighted by atomic mass is 16.2. The average molecular weight is 363 g/mol. The van der Waals surface area contributed by atoms with Gasteiger partial charge in [0.25, 0.3) is 0 Å². The summed E-state index contributed by atoms with van der Waals surface area (Å²) in [5.74, 6) is 0.613. The highest BCUT2D eigenvalue weighted by molar-refractivity contribution is 5.80. The van der Waals surface area contributed by atoms with Crippen LogP contribution in [0.3, 0.4) is 0 Å². The van der Waals surface area contributed by atoms with Crippen LogP contribution in [-0.4, -0.2) is 42.6 Å². The van der Waals surface area contributed by atoms with Crippen molar-refractivity contribution in [2.45, 2.75) is 44.2 Å². The van der Waals surface area contributed by atoms with Crippen LogP contribution < -0.4 is 5.32 Å². The van der Waals surface area contributed by atoms with E-state index in [-0.39, 0.29) is 24.4 Å². The van der Waals surface area contributed by atoms with Crippen LogP contribution in [0.4, 0.5) is 11.6 Å². The van der Waals surface area contributed by atoms with E-state index in [1.807, 2.05) is 24.2 Å². The summed E-state index contributed by atoms with van der Waals surface area (Å²) in [7, 11) is 1.86. The monoisotopic (exact) mass is 363 g/mol. The number of amides is 1. The molecule has 138 valence electrons. The largest absolute Gasteiger partial charge is 0.333 e. The number of nitriles is 1. The van der Waals surface area contributed by atoms with Crippen LogP contribution in [-0.2, 0) is 11.8 Å². The van der Waals surface area contributed by atoms with E-state index in [9.17, 15) is 4.79 Å². The second kappa shape index (κ2) is 7.19. The van der Waals surface area contributed by atoms with E-state index in [0.717, 1.165) is 36.2 Å². The van der Waals surface area contributed by atoms with Gasteiger partial charge in [0.2, 0.25) is 11.9 Å². The second-order valence-electron chi connectivity index (χ2n) is 6.95. The first-order chi connectivity index (χ1) is 13.1. The number of carbonyl (C=O) groups excluding carboxylic acids is 1. The lowest BCUT2D eigenvalue weighted by Crippen LogP contribution is -2.42. The van der Waals surface area contributed by atoms with E-state index in [1.165, 1.54) is 0 Å². The minimum absolute atomic E-state index is 0.0842. The maximum absolute atomic E-state index is 12.4. The fourth-order valence-corrected chi connectivity index (χ4v) is 3.91. The van der Waals surface area contributed by atoms with Crippen molar-refractivity contribution in [3.8, 4) is 6.07 Å². The number of hydrogen-bond acceptors (Lipinski definition) is 6. The molecule has 27 heavy (non-hydrogen) atoms. The van der Waals surface area contributed by atoms with Crippen molar-refractivity contribution in [3.05, 3.63) is 36.4 Å². The van der Waals surface area contributed by atoms with Crippen molar-refractivity contribution >= 4 is 23.1 Å². The number of aromatic nitrogens is 4. The molecule has 8 nitrogen and oxygen atoms in total. The second-order valence-corrected chi connectivity index (χ2v) is 6.95. The van der Waals surface area contributed by atoms with Crippen LogP contribution in [0.5, 0.6) is 0 Å². The lowest BCUT2D eigenvalue weighted by molar-refractivity contribution is -0.133. The van der Waals surface area contributed by atoms with E-state index in [1.54, 1.807) is 17.1 Å². The minimum Gasteiger partial charge on any atom is -0.333 e. The highest BCUT2D eigenvalue weighted by Crippen LogP contribution is 2.38. The SMILES string of the molecule is Cn1cc(Nc2nccc(C3=CC4CCC(C3)N4C(=O)CCC#N)n2)cn1. The van der Waals surface area contributed by atoms with Crippen LogP contribution in [0.25, 0.3) is 5.57 Å². The Labute approximate surface area is 157 Å². The first-order valence-electron chi connectivity index (χ1n) is 9.12. The Morgan fingerprint density at radius 2 is 2.33 bits per heavy atom. The summed E-state index contributed by atoms with van der Waals surface area (Å²) in [6.07, 6.45) is 10.8. The molecule has 8 heteroatoms. The van der Waals surface area contributed by atoms with Crippen LogP contribution in [0, 0.1) is 11.3 Å². The van der Waals surface area contributed by atoms with Gasteiger partial charge in [-0.05, 0) is 30.9 Å². The van der Waals surface area contributed by atoms with Crippen molar-refractivity contribution in [2.24, 2.45) is 7.05 Å². The lowest BCUT2D eigenvalue weighted by Gasteiger charge is -2.34. The van der Waals surface area contributed by atoms with Crippen LogP contribution in [0.1, 0.15) is 37.8 Å². The Bertz CT molecular complexity index is 926. The van der Waals surface area contributed by atoms with Gasteiger partial charge >= 0.3 is 0 Å². The molecule has 2 aromatic rings. The molecule has 4 rings (SSSR count). The van der Waals surface area contributed by atoms with Crippen molar-refractivity contribution < 1.29 is 4.79 Å². The zero-order valence-electron chi connectivity index (χ0n) is 15.2. The molecule has 2 aromatic heterocycles. The van der Waals surface area contributed by atoms with Crippen molar-refractivity contribution in [2.75, 3.05) is 5.32 Å². The fraction of sp³-hybridized carbons (Fsp3) is 0.421. The Morgan fingerprint density at radius 1 is 1.44 bits per heavy atom. The Balaban J connectivity index is 1.52. The van der Waals surface area contributed by atoms with Crippen molar-refractivity contribution in [1.82, 2.24) is 24.6 Å². The molecular formula is C19H21N7O. The standard InChI is InChI=1S/C19H21N7O/c1-25-12-14(11-22-25)23-19-21-8-6-17(24-19)13-9-15-4-5-16(10-13)26(15)18(27)3-2-7-20/h6,8-9,11-12,15-16H,2-5,10H2,1H3,(H,21,23,24). The summed E-state index contributed by atoms with van der Waals surface area (Å²) in [5, 5.41) is 16.0. The van der Waals surface area contributed by atoms with Gasteiger partial charge in [-0.3, -0.25) is 9.48 Å². The van der Waals surface area contributed by atoms with Crippen LogP contribution >= 0.6 is 0 Å². The smallest absolute Gasteiger partial charge is 0.227 e. The number of anilines is 2. The molecule has 0 radical (unpaired) electrons. The number of nitrogens with one attached hydrogen (secondary N) is 1. The van der Waals surface area contributed by atoms with Gasteiger partial charge in [-0.25, -0.2) is 9.97 Å². The van der Waals surface area contributed by atoms with Crippen LogP contribution in [0.2, 0.25) is 0 Å². The molecule has 1 N–H and O–H groups in total. The molecule has 0 spiro atoms. The molecule has 0 aliphatic carbocycles. The fourth-order valence-electron chi connectivity index (χ4n) is 3.91. The maximum Gasteiger partial charge on any atom is 0.227 e. The third kappa shape index (κ3) is 3.53. The van der Waals surface area contributed by atoms with E-state index >= 15 is 0 Å². The van der Waals surface area contributed by atoms with E-state index in [4.69, 9.17) is 5.26 Å². The predicted octanol–water partition coefficient (Wildman–Crippen LogP) is 2.40. The van der Waals surface area contributed by atoms with Gasteiger partial charge < -0.3 is 10.2 Å². The van der Waals surface area contributed by atoms with Crippen molar-refractivity contribution in [1.29, 1.82) is 5.26 Å². The van der Waals surface area contributed by atoms with E-state index in [2.05, 4.69) is 32.5 Å². The summed E-state index contributed by atoms with van der Waals surface area (Å²) in [5.41, 5.74) is 2.88. The molecule has 1 saturated heterocycles. The zero-order chi connectivity index (χ0) is 18.8. The van der Waals surface area contributed by atoms with Crippen LogP contribution in [0.15, 0.2) is 30.7 Å². The molecule has 4 heterocycles. The molecule has 2 aliphatic heterocycles. The first kappa shape index (κ1) is 17.2. The molecule has 2 bridgehead atoms. The van der Waals surface area contributed by atoms with E-state index in [0.29, 0.717) is 12.4 Å². The molecule has 1 amide bonds. The number of rotatable bonds is 5. The van der Waals surface area contributed by atoms with Crippen molar-refractivity contribution in [3.63, 3.8) is 0 Å². The summed E-state index contributed by atoms with van der Waals surface area (Å²) in [6, 6.07) is 4.27. The number of nitrogens with zero attached hydrogens (tertiary/aromatic N) is 6. The van der Waals surface area contributed by atoms with E-state index < -0.39 is 0 Å². The minimum atomic E-state index is 0.0842. The van der Waals surface area contributed by atoms with Gasteiger partial charge in [-0.15, -0.1) is 0 Å². The predicted molar refractivity (Wildman–Crippen MR) is 99.6 cm³/mol. The number of hydrogen-bond donors (Lipinski definition) is 1. The number of carbonyl (C=O) groups is 1.